The van der Waals surface area contributed by atoms with E-state index in [1.54, 1.807) is 26.4 Å². The fourth-order valence-corrected chi connectivity index (χ4v) is 4.44. The molecule has 0 atom stereocenters. The van der Waals surface area contributed by atoms with Crippen molar-refractivity contribution in [1.82, 2.24) is 10.2 Å². The molecule has 1 fully saturated rings. The molecule has 3 aromatic carbocycles. The van der Waals surface area contributed by atoms with Crippen molar-refractivity contribution < 1.29 is 19.1 Å². The van der Waals surface area contributed by atoms with Crippen molar-refractivity contribution in [3.8, 4) is 11.5 Å². The Hall–Kier alpha value is -3.80. The molecule has 0 aromatic heterocycles. The van der Waals surface area contributed by atoms with E-state index in [-0.39, 0.29) is 11.8 Å². The molecule has 2 amide bonds. The zero-order valence-corrected chi connectivity index (χ0v) is 18.9. The van der Waals surface area contributed by atoms with E-state index < -0.39 is 5.41 Å². The van der Waals surface area contributed by atoms with Gasteiger partial charge in [-0.15, -0.1) is 0 Å². The van der Waals surface area contributed by atoms with E-state index in [1.165, 1.54) is 0 Å². The molecule has 0 saturated carbocycles. The van der Waals surface area contributed by atoms with Gasteiger partial charge < -0.3 is 19.7 Å². The Kier molecular flexibility index (Phi) is 6.63. The minimum atomic E-state index is -0.790. The van der Waals surface area contributed by atoms with Crippen LogP contribution in [0, 0.1) is 0 Å². The maximum atomic E-state index is 13.8. The largest absolute Gasteiger partial charge is 0.497 e. The van der Waals surface area contributed by atoms with Crippen molar-refractivity contribution in [1.29, 1.82) is 0 Å². The van der Waals surface area contributed by atoms with Gasteiger partial charge >= 0.3 is 0 Å². The lowest BCUT2D eigenvalue weighted by molar-refractivity contribution is -0.131. The second kappa shape index (κ2) is 9.77. The van der Waals surface area contributed by atoms with Crippen molar-refractivity contribution in [2.45, 2.75) is 11.8 Å². The number of nitrogens with one attached hydrogen (secondary N) is 1. The number of carbonyl (C=O) groups is 2. The Morgan fingerprint density at radius 3 is 1.94 bits per heavy atom. The van der Waals surface area contributed by atoms with Crippen LogP contribution in [0.15, 0.2) is 78.9 Å². The van der Waals surface area contributed by atoms with Crippen LogP contribution in [0.2, 0.25) is 0 Å². The molecule has 1 aliphatic heterocycles. The highest BCUT2D eigenvalue weighted by atomic mass is 16.5. The average molecular weight is 445 g/mol. The normalized spacial score (nSPS) is 14.7. The highest BCUT2D eigenvalue weighted by Crippen LogP contribution is 2.42. The Balaban J connectivity index is 1.55. The maximum absolute atomic E-state index is 13.8. The summed E-state index contributed by atoms with van der Waals surface area (Å²) in [7, 11) is 3.25. The molecule has 0 radical (unpaired) electrons. The zero-order chi connectivity index (χ0) is 23.3. The molecule has 0 bridgehead atoms. The first-order valence-corrected chi connectivity index (χ1v) is 11.0. The topological polar surface area (TPSA) is 67.9 Å². The molecule has 1 saturated heterocycles. The van der Waals surface area contributed by atoms with E-state index in [9.17, 15) is 9.59 Å². The molecule has 0 aliphatic carbocycles. The predicted molar refractivity (Wildman–Crippen MR) is 127 cm³/mol. The molecule has 1 N–H and O–H groups in total. The number of rotatable bonds is 8. The zero-order valence-electron chi connectivity index (χ0n) is 18.9. The lowest BCUT2D eigenvalue weighted by Gasteiger charge is -2.29. The molecule has 6 heteroatoms. The third-order valence-electron chi connectivity index (χ3n) is 6.28. The maximum Gasteiger partial charge on any atom is 0.251 e. The molecular formula is C27H28N2O4. The SMILES string of the molecule is COc1ccc(C2(c3ccc(OC)cc3)CCN(CCNC(=O)c3ccccc3)C2=O)cc1. The number of benzene rings is 3. The summed E-state index contributed by atoms with van der Waals surface area (Å²) < 4.78 is 10.6. The third kappa shape index (κ3) is 4.42. The molecule has 170 valence electrons. The van der Waals surface area contributed by atoms with E-state index in [4.69, 9.17) is 9.47 Å². The molecule has 33 heavy (non-hydrogen) atoms. The van der Waals surface area contributed by atoms with Crippen LogP contribution in [0.25, 0.3) is 0 Å². The van der Waals surface area contributed by atoms with Crippen LogP contribution in [-0.2, 0) is 10.2 Å². The smallest absolute Gasteiger partial charge is 0.251 e. The summed E-state index contributed by atoms with van der Waals surface area (Å²) in [5.74, 6) is 1.38. The molecule has 0 unspecified atom stereocenters. The van der Waals surface area contributed by atoms with Crippen molar-refractivity contribution in [3.63, 3.8) is 0 Å². The van der Waals surface area contributed by atoms with Crippen LogP contribution in [0.3, 0.4) is 0 Å². The molecule has 6 nitrogen and oxygen atoms in total. The van der Waals surface area contributed by atoms with Crippen LogP contribution in [0.5, 0.6) is 11.5 Å². The Morgan fingerprint density at radius 2 is 1.42 bits per heavy atom. The third-order valence-corrected chi connectivity index (χ3v) is 6.28. The van der Waals surface area contributed by atoms with Gasteiger partial charge in [0.05, 0.1) is 14.2 Å². The van der Waals surface area contributed by atoms with Crippen LogP contribution < -0.4 is 14.8 Å². The van der Waals surface area contributed by atoms with Gasteiger partial charge in [0.25, 0.3) is 5.91 Å². The van der Waals surface area contributed by atoms with E-state index in [0.717, 1.165) is 22.6 Å². The fourth-order valence-electron chi connectivity index (χ4n) is 4.44. The fraction of sp³-hybridized carbons (Fsp3) is 0.259. The first kappa shape index (κ1) is 22.4. The van der Waals surface area contributed by atoms with Crippen LogP contribution in [-0.4, -0.2) is 50.6 Å². The second-order valence-electron chi connectivity index (χ2n) is 8.03. The van der Waals surface area contributed by atoms with Crippen molar-refractivity contribution >= 4 is 11.8 Å². The number of methoxy groups -OCH3 is 2. The van der Waals surface area contributed by atoms with Crippen LogP contribution in [0.1, 0.15) is 27.9 Å². The van der Waals surface area contributed by atoms with Gasteiger partial charge in [-0.3, -0.25) is 9.59 Å². The van der Waals surface area contributed by atoms with Gasteiger partial charge in [0.15, 0.2) is 0 Å². The minimum absolute atomic E-state index is 0.0341. The molecular weight excluding hydrogens is 416 g/mol. The first-order chi connectivity index (χ1) is 16.1. The van der Waals surface area contributed by atoms with Crippen molar-refractivity contribution in [2.24, 2.45) is 0 Å². The summed E-state index contributed by atoms with van der Waals surface area (Å²) in [6.45, 7) is 1.45. The van der Waals surface area contributed by atoms with E-state index in [1.807, 2.05) is 71.6 Å². The van der Waals surface area contributed by atoms with Gasteiger partial charge in [-0.2, -0.15) is 0 Å². The summed E-state index contributed by atoms with van der Waals surface area (Å²) >= 11 is 0. The summed E-state index contributed by atoms with van der Waals surface area (Å²) in [5, 5.41) is 2.92. The Bertz CT molecular complexity index is 1050. The van der Waals surface area contributed by atoms with Crippen molar-refractivity contribution in [3.05, 3.63) is 95.6 Å². The number of amides is 2. The monoisotopic (exact) mass is 444 g/mol. The summed E-state index contributed by atoms with van der Waals surface area (Å²) in [6.07, 6.45) is 0.650. The molecule has 0 spiro atoms. The summed E-state index contributed by atoms with van der Waals surface area (Å²) in [4.78, 5) is 28.0. The Morgan fingerprint density at radius 1 is 0.879 bits per heavy atom. The van der Waals surface area contributed by atoms with Gasteiger partial charge in [0, 0.05) is 25.2 Å². The number of ether oxygens (including phenoxy) is 2. The van der Waals surface area contributed by atoms with Gasteiger partial charge in [0.2, 0.25) is 5.91 Å². The average Bonchev–Trinajstić information content (AvgIpc) is 3.21. The van der Waals surface area contributed by atoms with Crippen LogP contribution >= 0.6 is 0 Å². The highest BCUT2D eigenvalue weighted by molar-refractivity contribution is 5.95. The number of carbonyl (C=O) groups excluding carboxylic acids is 2. The van der Waals surface area contributed by atoms with Gasteiger partial charge in [-0.05, 0) is 53.9 Å². The standard InChI is InChI=1S/C27H28N2O4/c1-32-23-12-8-21(9-13-23)27(22-10-14-24(33-2)15-11-22)16-18-29(26(27)31)19-17-28-25(30)20-6-4-3-5-7-20/h3-15H,16-19H2,1-2H3,(H,28,30). The van der Waals surface area contributed by atoms with E-state index >= 15 is 0 Å². The molecule has 1 aliphatic rings. The predicted octanol–water partition coefficient (Wildman–Crippen LogP) is 3.65. The summed E-state index contributed by atoms with van der Waals surface area (Å²) in [6, 6.07) is 24.5. The van der Waals surface area contributed by atoms with Gasteiger partial charge in [-0.1, -0.05) is 42.5 Å². The second-order valence-corrected chi connectivity index (χ2v) is 8.03. The minimum Gasteiger partial charge on any atom is -0.497 e. The number of likely N-dealkylation sites (tertiary alicyclic amines) is 1. The quantitative estimate of drug-likeness (QED) is 0.576. The molecule has 4 rings (SSSR count). The highest BCUT2D eigenvalue weighted by Gasteiger charge is 2.49. The number of nitrogens with zero attached hydrogens (tertiary/aromatic N) is 1. The lowest BCUT2D eigenvalue weighted by Crippen LogP contribution is -2.42. The lowest BCUT2D eigenvalue weighted by atomic mass is 9.73. The van der Waals surface area contributed by atoms with Crippen LogP contribution in [0.4, 0.5) is 0 Å². The number of hydrogen-bond acceptors (Lipinski definition) is 4. The number of hydrogen-bond donors (Lipinski definition) is 1. The van der Waals surface area contributed by atoms with Gasteiger partial charge in [-0.25, -0.2) is 0 Å². The van der Waals surface area contributed by atoms with E-state index in [2.05, 4.69) is 5.32 Å². The summed E-state index contributed by atoms with van der Waals surface area (Å²) in [5.41, 5.74) is 1.67. The molecule has 1 heterocycles. The van der Waals surface area contributed by atoms with Gasteiger partial charge in [0.1, 0.15) is 16.9 Å². The van der Waals surface area contributed by atoms with Crippen molar-refractivity contribution in [2.75, 3.05) is 33.9 Å². The van der Waals surface area contributed by atoms with E-state index in [0.29, 0.717) is 31.6 Å². The molecule has 3 aromatic rings. The first-order valence-electron chi connectivity index (χ1n) is 11.0. The Labute approximate surface area is 194 Å².